The van der Waals surface area contributed by atoms with E-state index in [1.165, 1.54) is 6.92 Å². The van der Waals surface area contributed by atoms with Gasteiger partial charge in [0.25, 0.3) is 0 Å². The van der Waals surface area contributed by atoms with Gasteiger partial charge in [-0.1, -0.05) is 0 Å². The van der Waals surface area contributed by atoms with Gasteiger partial charge in [0.15, 0.2) is 0 Å². The van der Waals surface area contributed by atoms with E-state index < -0.39 is 11.7 Å². The molecule has 0 fully saturated rings. The average Bonchev–Trinajstić information content (AvgIpc) is 2.34. The first kappa shape index (κ1) is 19.7. The molecular weight excluding hydrogens is 276 g/mol. The van der Waals surface area contributed by atoms with Crippen LogP contribution >= 0.6 is 0 Å². The van der Waals surface area contributed by atoms with Crippen LogP contribution in [-0.2, 0) is 19.0 Å². The summed E-state index contributed by atoms with van der Waals surface area (Å²) in [6, 6.07) is 0. The molecule has 0 aromatic carbocycles. The number of hydrogen-bond acceptors (Lipinski definition) is 5. The van der Waals surface area contributed by atoms with E-state index in [4.69, 9.17) is 14.2 Å². The molecule has 0 rings (SSSR count). The Hall–Kier alpha value is -1.34. The Balaban J connectivity index is 3.34. The number of likely N-dealkylation sites (N-methyl/N-ethyl adjacent to an activating group) is 1. The van der Waals surface area contributed by atoms with Crippen molar-refractivity contribution in [1.82, 2.24) is 10.2 Å². The number of alkyl carbamates (subject to hydrolysis) is 1. The quantitative estimate of drug-likeness (QED) is 0.644. The summed E-state index contributed by atoms with van der Waals surface area (Å²) in [5, 5.41) is 2.60. The zero-order valence-corrected chi connectivity index (χ0v) is 13.7. The Bertz CT molecular complexity index is 315. The lowest BCUT2D eigenvalue weighted by Gasteiger charge is -2.19. The van der Waals surface area contributed by atoms with Crippen LogP contribution in [0.2, 0.25) is 0 Å². The highest BCUT2D eigenvalue weighted by Gasteiger charge is 2.15. The fraction of sp³-hybridized carbons (Fsp3) is 0.857. The minimum Gasteiger partial charge on any atom is -0.444 e. The second-order valence-corrected chi connectivity index (χ2v) is 5.59. The molecule has 0 aliphatic rings. The normalized spacial score (nSPS) is 11.1. The van der Waals surface area contributed by atoms with Crippen molar-refractivity contribution in [3.63, 3.8) is 0 Å². The van der Waals surface area contributed by atoms with Gasteiger partial charge >= 0.3 is 6.09 Å². The first-order valence-corrected chi connectivity index (χ1v) is 7.06. The van der Waals surface area contributed by atoms with E-state index in [0.29, 0.717) is 39.5 Å². The predicted octanol–water partition coefficient (Wildman–Crippen LogP) is 1.02. The van der Waals surface area contributed by atoms with Crippen molar-refractivity contribution in [3.8, 4) is 0 Å². The molecule has 7 heteroatoms. The summed E-state index contributed by atoms with van der Waals surface area (Å²) in [5.74, 6) is 0.0167. The number of rotatable bonds is 9. The molecule has 0 atom stereocenters. The number of nitrogens with zero attached hydrogens (tertiary/aromatic N) is 1. The van der Waals surface area contributed by atoms with Gasteiger partial charge in [0.2, 0.25) is 5.91 Å². The highest BCUT2D eigenvalue weighted by molar-refractivity contribution is 5.72. The molecule has 0 aliphatic heterocycles. The Kier molecular flexibility index (Phi) is 9.73. The summed E-state index contributed by atoms with van der Waals surface area (Å²) in [6.07, 6.45) is -0.449. The molecule has 1 N–H and O–H groups in total. The summed E-state index contributed by atoms with van der Waals surface area (Å²) in [6.45, 7) is 9.68. The van der Waals surface area contributed by atoms with Crippen LogP contribution in [0.1, 0.15) is 27.7 Å². The van der Waals surface area contributed by atoms with E-state index in [9.17, 15) is 9.59 Å². The third kappa shape index (κ3) is 13.4. The van der Waals surface area contributed by atoms with E-state index in [-0.39, 0.29) is 5.91 Å². The van der Waals surface area contributed by atoms with Crippen LogP contribution in [0.3, 0.4) is 0 Å². The summed E-state index contributed by atoms with van der Waals surface area (Å²) in [4.78, 5) is 23.8. The van der Waals surface area contributed by atoms with Gasteiger partial charge in [-0.05, 0) is 20.8 Å². The standard InChI is InChI=1S/C14H28N2O5/c1-12(17)16(5)7-9-20-11-10-19-8-6-15-13(18)21-14(2,3)4/h6-11H2,1-5H3,(H,15,18). The molecule has 0 radical (unpaired) electrons. The van der Waals surface area contributed by atoms with Crippen molar-refractivity contribution >= 4 is 12.0 Å². The fourth-order valence-corrected chi connectivity index (χ4v) is 1.22. The Morgan fingerprint density at radius 1 is 1.05 bits per heavy atom. The zero-order valence-electron chi connectivity index (χ0n) is 13.7. The maximum Gasteiger partial charge on any atom is 0.407 e. The van der Waals surface area contributed by atoms with Crippen molar-refractivity contribution in [3.05, 3.63) is 0 Å². The molecule has 0 aromatic heterocycles. The van der Waals surface area contributed by atoms with Crippen molar-refractivity contribution in [2.24, 2.45) is 0 Å². The number of nitrogens with one attached hydrogen (secondary N) is 1. The van der Waals surface area contributed by atoms with Gasteiger partial charge in [-0.2, -0.15) is 0 Å². The molecule has 124 valence electrons. The smallest absolute Gasteiger partial charge is 0.407 e. The second kappa shape index (κ2) is 10.4. The van der Waals surface area contributed by atoms with E-state index >= 15 is 0 Å². The minimum absolute atomic E-state index is 0.0167. The third-order valence-corrected chi connectivity index (χ3v) is 2.40. The van der Waals surface area contributed by atoms with Crippen LogP contribution in [0.25, 0.3) is 0 Å². The predicted molar refractivity (Wildman–Crippen MR) is 79.2 cm³/mol. The molecule has 2 amide bonds. The highest BCUT2D eigenvalue weighted by Crippen LogP contribution is 2.05. The van der Waals surface area contributed by atoms with E-state index in [1.54, 1.807) is 11.9 Å². The Labute approximate surface area is 126 Å². The SMILES string of the molecule is CC(=O)N(C)CCOCCOCCNC(=O)OC(C)(C)C. The minimum atomic E-state index is -0.494. The summed E-state index contributed by atoms with van der Waals surface area (Å²) >= 11 is 0. The van der Waals surface area contributed by atoms with Gasteiger partial charge in [0, 0.05) is 27.1 Å². The first-order valence-electron chi connectivity index (χ1n) is 7.06. The molecule has 0 aromatic rings. The number of hydrogen-bond donors (Lipinski definition) is 1. The van der Waals surface area contributed by atoms with Gasteiger partial charge in [0.05, 0.1) is 26.4 Å². The molecule has 0 spiro atoms. The number of amides is 2. The lowest BCUT2D eigenvalue weighted by atomic mass is 10.2. The fourth-order valence-electron chi connectivity index (χ4n) is 1.22. The van der Waals surface area contributed by atoms with Crippen molar-refractivity contribution in [2.75, 3.05) is 46.6 Å². The maximum absolute atomic E-state index is 11.3. The molecule has 0 heterocycles. The highest BCUT2D eigenvalue weighted by atomic mass is 16.6. The number of ether oxygens (including phenoxy) is 3. The van der Waals surface area contributed by atoms with Crippen LogP contribution in [0.15, 0.2) is 0 Å². The molecule has 0 aliphatic carbocycles. The lowest BCUT2D eigenvalue weighted by molar-refractivity contribution is -0.128. The maximum atomic E-state index is 11.3. The van der Waals surface area contributed by atoms with Crippen molar-refractivity contribution in [2.45, 2.75) is 33.3 Å². The Morgan fingerprint density at radius 3 is 2.14 bits per heavy atom. The number of carbonyl (C=O) groups excluding carboxylic acids is 2. The lowest BCUT2D eigenvalue weighted by Crippen LogP contribution is -2.34. The summed E-state index contributed by atoms with van der Waals surface area (Å²) in [5.41, 5.74) is -0.494. The van der Waals surface area contributed by atoms with Crippen LogP contribution in [0.4, 0.5) is 4.79 Å². The molecule has 7 nitrogen and oxygen atoms in total. The van der Waals surface area contributed by atoms with Gasteiger partial charge in [-0.15, -0.1) is 0 Å². The van der Waals surface area contributed by atoms with Gasteiger partial charge in [-0.25, -0.2) is 4.79 Å². The molecular formula is C14H28N2O5. The van der Waals surface area contributed by atoms with Crippen molar-refractivity contribution < 1.29 is 23.8 Å². The second-order valence-electron chi connectivity index (χ2n) is 5.59. The molecule has 0 bridgehead atoms. The largest absolute Gasteiger partial charge is 0.444 e. The van der Waals surface area contributed by atoms with E-state index in [2.05, 4.69) is 5.32 Å². The van der Waals surface area contributed by atoms with Gasteiger partial charge in [0.1, 0.15) is 5.60 Å². The van der Waals surface area contributed by atoms with Gasteiger partial charge < -0.3 is 24.4 Å². The molecule has 0 saturated heterocycles. The molecule has 21 heavy (non-hydrogen) atoms. The topological polar surface area (TPSA) is 77.1 Å². The zero-order chi connectivity index (χ0) is 16.3. The first-order chi connectivity index (χ1) is 9.72. The Morgan fingerprint density at radius 2 is 1.62 bits per heavy atom. The summed E-state index contributed by atoms with van der Waals surface area (Å²) < 4.78 is 15.7. The van der Waals surface area contributed by atoms with Gasteiger partial charge in [-0.3, -0.25) is 4.79 Å². The van der Waals surface area contributed by atoms with Crippen molar-refractivity contribution in [1.29, 1.82) is 0 Å². The average molecular weight is 304 g/mol. The van der Waals surface area contributed by atoms with E-state index in [1.807, 2.05) is 20.8 Å². The van der Waals surface area contributed by atoms with Crippen LogP contribution in [-0.4, -0.2) is 69.1 Å². The van der Waals surface area contributed by atoms with E-state index in [0.717, 1.165) is 0 Å². The number of carbonyl (C=O) groups is 2. The van der Waals surface area contributed by atoms with Crippen LogP contribution in [0, 0.1) is 0 Å². The van der Waals surface area contributed by atoms with Crippen LogP contribution < -0.4 is 5.32 Å². The third-order valence-electron chi connectivity index (χ3n) is 2.40. The monoisotopic (exact) mass is 304 g/mol. The molecule has 0 unspecified atom stereocenters. The molecule has 0 saturated carbocycles. The van der Waals surface area contributed by atoms with Crippen LogP contribution in [0.5, 0.6) is 0 Å². The summed E-state index contributed by atoms with van der Waals surface area (Å²) in [7, 11) is 1.73.